The number of aryl methyl sites for hydroxylation is 1. The molecule has 0 N–H and O–H groups in total. The van der Waals surface area contributed by atoms with Gasteiger partial charge in [0.25, 0.3) is 0 Å². The number of fused-ring (bicyclic) bond motifs is 1. The van der Waals surface area contributed by atoms with Crippen molar-refractivity contribution < 1.29 is 14.0 Å². The fraction of sp³-hybridized carbons (Fsp3) is 0.0345. The molecule has 1 heterocycles. The van der Waals surface area contributed by atoms with Crippen molar-refractivity contribution in [1.29, 1.82) is 0 Å². The molecule has 0 fully saturated rings. The van der Waals surface area contributed by atoms with Crippen LogP contribution in [-0.4, -0.2) is 19.3 Å². The van der Waals surface area contributed by atoms with Crippen LogP contribution in [0.15, 0.2) is 131 Å². The van der Waals surface area contributed by atoms with Crippen LogP contribution in [0.25, 0.3) is 10.9 Å². The number of halogens is 1. The first-order valence-electron chi connectivity index (χ1n) is 11.4. The standard InChI is InChI=1S/C29H23IN2O4S/c1-22-17-19-26(20-18-22)37(33,34)36-30(25-14-6-3-7-15-25)35-29(24-10-4-2-5-11-24)32-27-16-8-12-23-13-9-21-31-28(23)27/h2-21H,1H3. The van der Waals surface area contributed by atoms with Gasteiger partial charge in [0.2, 0.25) is 0 Å². The van der Waals surface area contributed by atoms with Gasteiger partial charge in [-0.15, -0.1) is 0 Å². The van der Waals surface area contributed by atoms with Crippen LogP contribution in [-0.2, 0) is 15.7 Å². The Labute approximate surface area is 224 Å². The summed E-state index contributed by atoms with van der Waals surface area (Å²) in [7, 11) is -4.08. The Balaban J connectivity index is 1.59. The molecule has 5 rings (SSSR count). The summed E-state index contributed by atoms with van der Waals surface area (Å²) >= 11 is -3.30. The van der Waals surface area contributed by atoms with Gasteiger partial charge in [0.1, 0.15) is 0 Å². The van der Waals surface area contributed by atoms with Crippen molar-refractivity contribution >= 4 is 53.3 Å². The van der Waals surface area contributed by atoms with Crippen molar-refractivity contribution in [2.24, 2.45) is 4.99 Å². The van der Waals surface area contributed by atoms with Gasteiger partial charge in [-0.25, -0.2) is 0 Å². The molecule has 0 saturated carbocycles. The topological polar surface area (TPSA) is 77.9 Å². The summed E-state index contributed by atoms with van der Waals surface area (Å²) in [5, 5.41) is 0.938. The molecule has 186 valence electrons. The molecular formula is C29H23IN2O4S. The molecule has 0 unspecified atom stereocenters. The zero-order valence-corrected chi connectivity index (χ0v) is 22.8. The predicted octanol–water partition coefficient (Wildman–Crippen LogP) is 7.25. The van der Waals surface area contributed by atoms with E-state index in [1.807, 2.05) is 97.9 Å². The van der Waals surface area contributed by atoms with Crippen LogP contribution in [0.5, 0.6) is 0 Å². The molecule has 0 aliphatic carbocycles. The van der Waals surface area contributed by atoms with Crippen LogP contribution in [0, 0.1) is 10.5 Å². The van der Waals surface area contributed by atoms with Crippen LogP contribution in [0.1, 0.15) is 11.1 Å². The Bertz CT molecular complexity index is 1640. The molecular weight excluding hydrogens is 599 g/mol. The molecule has 6 nitrogen and oxygen atoms in total. The number of hydrogen-bond donors (Lipinski definition) is 0. The number of aromatic nitrogens is 1. The van der Waals surface area contributed by atoms with Crippen molar-refractivity contribution in [3.05, 3.63) is 136 Å². The first-order chi connectivity index (χ1) is 18.0. The van der Waals surface area contributed by atoms with Crippen molar-refractivity contribution in [3.8, 4) is 0 Å². The fourth-order valence-corrected chi connectivity index (χ4v) is 9.02. The van der Waals surface area contributed by atoms with Gasteiger partial charge in [0.15, 0.2) is 0 Å². The Morgan fingerprint density at radius 3 is 2.19 bits per heavy atom. The predicted molar refractivity (Wildman–Crippen MR) is 154 cm³/mol. The van der Waals surface area contributed by atoms with E-state index in [9.17, 15) is 8.42 Å². The molecule has 0 amide bonds. The molecule has 0 aliphatic rings. The molecule has 8 heteroatoms. The van der Waals surface area contributed by atoms with Crippen molar-refractivity contribution in [2.45, 2.75) is 11.8 Å². The van der Waals surface area contributed by atoms with E-state index in [4.69, 9.17) is 10.6 Å². The van der Waals surface area contributed by atoms with Crippen LogP contribution < -0.4 is 0 Å². The summed E-state index contributed by atoms with van der Waals surface area (Å²) in [5.74, 6) is 0.270. The van der Waals surface area contributed by atoms with Gasteiger partial charge in [-0.05, 0) is 0 Å². The van der Waals surface area contributed by atoms with Gasteiger partial charge in [-0.3, -0.25) is 0 Å². The number of aliphatic imine (C=N–C) groups is 1. The molecule has 0 spiro atoms. The van der Waals surface area contributed by atoms with Gasteiger partial charge in [-0.2, -0.15) is 0 Å². The molecule has 0 atom stereocenters. The second-order valence-electron chi connectivity index (χ2n) is 8.06. The summed E-state index contributed by atoms with van der Waals surface area (Å²) in [6.07, 6.45) is 1.71. The Hall–Kier alpha value is -3.60. The van der Waals surface area contributed by atoms with Crippen molar-refractivity contribution in [1.82, 2.24) is 4.98 Å². The molecule has 0 radical (unpaired) electrons. The first-order valence-corrected chi connectivity index (χ1v) is 15.7. The maximum atomic E-state index is 13.3. The third kappa shape index (κ3) is 6.04. The van der Waals surface area contributed by atoms with Crippen molar-refractivity contribution in [3.63, 3.8) is 0 Å². The molecule has 5 aromatic rings. The van der Waals surface area contributed by atoms with E-state index in [1.54, 1.807) is 18.3 Å². The molecule has 37 heavy (non-hydrogen) atoms. The summed E-state index contributed by atoms with van der Waals surface area (Å²) in [4.78, 5) is 9.41. The zero-order valence-electron chi connectivity index (χ0n) is 19.9. The quantitative estimate of drug-likeness (QED) is 0.109. The second-order valence-corrected chi connectivity index (χ2v) is 13.6. The van der Waals surface area contributed by atoms with Crippen LogP contribution in [0.3, 0.4) is 0 Å². The first kappa shape index (κ1) is 25.1. The summed E-state index contributed by atoms with van der Waals surface area (Å²) in [6.45, 7) is 1.90. The van der Waals surface area contributed by atoms with E-state index < -0.39 is 30.8 Å². The SMILES string of the molecule is Cc1ccc(S(=O)(=O)OI(OC(=Nc2cccc3cccnc23)c2ccccc2)c2ccccc2)cc1. The van der Waals surface area contributed by atoms with Crippen LogP contribution in [0.4, 0.5) is 5.69 Å². The summed E-state index contributed by atoms with van der Waals surface area (Å²) in [5.41, 5.74) is 2.98. The Morgan fingerprint density at radius 1 is 0.784 bits per heavy atom. The molecule has 0 aliphatic heterocycles. The van der Waals surface area contributed by atoms with Crippen LogP contribution >= 0.6 is 20.6 Å². The fourth-order valence-electron chi connectivity index (χ4n) is 3.49. The summed E-state index contributed by atoms with van der Waals surface area (Å²) < 4.78 is 39.5. The maximum absolute atomic E-state index is 13.3. The monoisotopic (exact) mass is 622 g/mol. The molecule has 4 aromatic carbocycles. The summed E-state index contributed by atoms with van der Waals surface area (Å²) in [6, 6.07) is 34.6. The van der Waals surface area contributed by atoms with Gasteiger partial charge >= 0.3 is 225 Å². The van der Waals surface area contributed by atoms with E-state index in [-0.39, 0.29) is 10.8 Å². The third-order valence-corrected chi connectivity index (χ3v) is 11.4. The third-order valence-electron chi connectivity index (χ3n) is 5.36. The number of benzene rings is 4. The second kappa shape index (κ2) is 11.2. The van der Waals surface area contributed by atoms with Gasteiger partial charge in [0.05, 0.1) is 0 Å². The van der Waals surface area contributed by atoms with E-state index in [1.165, 1.54) is 12.1 Å². The average molecular weight is 622 g/mol. The normalized spacial score (nSPS) is 12.4. The van der Waals surface area contributed by atoms with E-state index >= 15 is 0 Å². The Kier molecular flexibility index (Phi) is 7.59. The van der Waals surface area contributed by atoms with E-state index in [0.29, 0.717) is 14.8 Å². The Morgan fingerprint density at radius 2 is 1.46 bits per heavy atom. The molecule has 0 bridgehead atoms. The molecule has 0 saturated heterocycles. The number of rotatable bonds is 7. The van der Waals surface area contributed by atoms with Crippen molar-refractivity contribution in [2.75, 3.05) is 0 Å². The number of pyridine rings is 1. The number of hydrogen-bond acceptors (Lipinski definition) is 6. The van der Waals surface area contributed by atoms with E-state index in [0.717, 1.165) is 16.5 Å². The minimum atomic E-state index is -4.08. The average Bonchev–Trinajstić information content (AvgIpc) is 2.93. The van der Waals surface area contributed by atoms with Crippen LogP contribution in [0.2, 0.25) is 0 Å². The minimum absolute atomic E-state index is 0.0800. The molecule has 1 aromatic heterocycles. The number of para-hydroxylation sites is 1. The van der Waals surface area contributed by atoms with Gasteiger partial charge in [-0.1, -0.05) is 0 Å². The van der Waals surface area contributed by atoms with Gasteiger partial charge in [0, 0.05) is 0 Å². The zero-order chi connectivity index (χ0) is 25.7. The van der Waals surface area contributed by atoms with E-state index in [2.05, 4.69) is 4.98 Å². The van der Waals surface area contributed by atoms with Gasteiger partial charge < -0.3 is 0 Å². The number of nitrogens with zero attached hydrogens (tertiary/aromatic N) is 2.